The van der Waals surface area contributed by atoms with E-state index in [-0.39, 0.29) is 29.4 Å². The van der Waals surface area contributed by atoms with E-state index in [4.69, 9.17) is 4.55 Å². The van der Waals surface area contributed by atoms with Crippen molar-refractivity contribution in [2.75, 3.05) is 12.3 Å². The van der Waals surface area contributed by atoms with Crippen LogP contribution in [0.1, 0.15) is 85.0 Å². The summed E-state index contributed by atoms with van der Waals surface area (Å²) in [6, 6.07) is 0. The number of aliphatic hydroxyl groups is 1. The smallest absolute Gasteiger partial charge is 0.266 e. The molecule has 1 amide bonds. The molecule has 4 rings (SSSR count). The van der Waals surface area contributed by atoms with Crippen molar-refractivity contribution in [2.24, 2.45) is 46.3 Å². The second-order valence-corrected chi connectivity index (χ2v) is 14.0. The monoisotopic (exact) mass is 497 g/mol. The number of nitrogens with one attached hydrogen (secondary N) is 1. The van der Waals surface area contributed by atoms with Crippen LogP contribution in [0.25, 0.3) is 0 Å². The van der Waals surface area contributed by atoms with Crippen molar-refractivity contribution in [1.29, 1.82) is 0 Å². The zero-order valence-corrected chi connectivity index (χ0v) is 21.8. The van der Waals surface area contributed by atoms with Crippen LogP contribution >= 0.6 is 0 Å². The SMILES string of the molecule is C[C@H](CCC(=O)NCCS(=O)(=O)O)[C@H]1CC[C@H]2[C@@H]3[C@@H](O)CC4CC(=O)CC[C@]4(C)[C@H]3CC[C@]12C. The molecular formula is C26H43NO6S. The molecule has 0 saturated heterocycles. The lowest BCUT2D eigenvalue weighted by Gasteiger charge is -2.62. The minimum atomic E-state index is -4.07. The van der Waals surface area contributed by atoms with Gasteiger partial charge in [-0.3, -0.25) is 14.1 Å². The van der Waals surface area contributed by atoms with Crippen molar-refractivity contribution in [3.8, 4) is 0 Å². The molecule has 4 fully saturated rings. The van der Waals surface area contributed by atoms with Crippen LogP contribution in [0.3, 0.4) is 0 Å². The standard InChI is InChI=1S/C26H43NO6S/c1-16(4-7-23(30)27-12-13-34(31,32)33)19-5-6-20-24-21(9-11-26(19,20)3)25(2)10-8-18(28)14-17(25)15-22(24)29/h16-17,19-22,24,29H,4-15H2,1-3H3,(H,27,30)(H,31,32,33)/t16-,17?,19-,20+,21+,22+,24+,25+,26-/m1/s1. The van der Waals surface area contributed by atoms with Crippen LogP contribution in [0.2, 0.25) is 0 Å². The Bertz CT molecular complexity index is 905. The first-order valence-corrected chi connectivity index (χ1v) is 14.9. The van der Waals surface area contributed by atoms with E-state index in [0.717, 1.165) is 44.9 Å². The van der Waals surface area contributed by atoms with Crippen molar-refractivity contribution in [3.63, 3.8) is 0 Å². The lowest BCUT2D eigenvalue weighted by Crippen LogP contribution is -2.58. The predicted molar refractivity (Wildman–Crippen MR) is 129 cm³/mol. The van der Waals surface area contributed by atoms with Gasteiger partial charge < -0.3 is 10.4 Å². The fourth-order valence-corrected chi connectivity index (χ4v) is 9.32. The third-order valence-electron chi connectivity index (χ3n) is 10.8. The van der Waals surface area contributed by atoms with Gasteiger partial charge in [-0.2, -0.15) is 8.42 Å². The molecule has 4 aliphatic rings. The zero-order chi connectivity index (χ0) is 24.9. The summed E-state index contributed by atoms with van der Waals surface area (Å²) in [5.41, 5.74) is 0.333. The van der Waals surface area contributed by atoms with Gasteiger partial charge in [0.1, 0.15) is 5.78 Å². The molecule has 0 heterocycles. The van der Waals surface area contributed by atoms with E-state index in [9.17, 15) is 23.1 Å². The highest BCUT2D eigenvalue weighted by molar-refractivity contribution is 7.85. The van der Waals surface area contributed by atoms with Gasteiger partial charge in [0.15, 0.2) is 0 Å². The maximum absolute atomic E-state index is 12.2. The predicted octanol–water partition coefficient (Wildman–Crippen LogP) is 3.61. The highest BCUT2D eigenvalue weighted by Crippen LogP contribution is 2.68. The number of fused-ring (bicyclic) bond motifs is 5. The second-order valence-electron chi connectivity index (χ2n) is 12.4. The molecule has 8 heteroatoms. The maximum Gasteiger partial charge on any atom is 0.266 e. The summed E-state index contributed by atoms with van der Waals surface area (Å²) in [4.78, 5) is 24.3. The third kappa shape index (κ3) is 4.83. The number of Topliss-reactive ketones (excluding diaryl/α,β-unsaturated/α-hetero) is 1. The Labute approximate surface area is 204 Å². The largest absolute Gasteiger partial charge is 0.393 e. The van der Waals surface area contributed by atoms with Gasteiger partial charge in [0.05, 0.1) is 11.9 Å². The first-order valence-electron chi connectivity index (χ1n) is 13.3. The molecule has 4 aliphatic carbocycles. The molecule has 1 unspecified atom stereocenters. The van der Waals surface area contributed by atoms with Gasteiger partial charge in [-0.1, -0.05) is 20.8 Å². The van der Waals surface area contributed by atoms with Crippen molar-refractivity contribution >= 4 is 21.8 Å². The van der Waals surface area contributed by atoms with Crippen LogP contribution in [0.4, 0.5) is 0 Å². The fraction of sp³-hybridized carbons (Fsp3) is 0.923. The number of hydrogen-bond acceptors (Lipinski definition) is 5. The first-order chi connectivity index (χ1) is 15.8. The molecule has 194 valence electrons. The van der Waals surface area contributed by atoms with E-state index in [1.807, 2.05) is 0 Å². The van der Waals surface area contributed by atoms with Gasteiger partial charge in [-0.25, -0.2) is 0 Å². The molecule has 0 aromatic rings. The van der Waals surface area contributed by atoms with E-state index >= 15 is 0 Å². The Balaban J connectivity index is 1.39. The topological polar surface area (TPSA) is 121 Å². The molecular weight excluding hydrogens is 454 g/mol. The number of hydrogen-bond donors (Lipinski definition) is 3. The molecule has 34 heavy (non-hydrogen) atoms. The van der Waals surface area contributed by atoms with Crippen LogP contribution in [0.5, 0.6) is 0 Å². The summed E-state index contributed by atoms with van der Waals surface area (Å²) in [6.45, 7) is 6.98. The molecule has 4 saturated carbocycles. The van der Waals surface area contributed by atoms with Crippen LogP contribution in [-0.4, -0.2) is 48.2 Å². The van der Waals surface area contributed by atoms with E-state index < -0.39 is 15.9 Å². The molecule has 0 aliphatic heterocycles. The van der Waals surface area contributed by atoms with Crippen molar-refractivity contribution in [2.45, 2.75) is 91.1 Å². The van der Waals surface area contributed by atoms with E-state index in [0.29, 0.717) is 60.6 Å². The van der Waals surface area contributed by atoms with Gasteiger partial charge >= 0.3 is 0 Å². The second kappa shape index (κ2) is 9.47. The van der Waals surface area contributed by atoms with Gasteiger partial charge in [0.2, 0.25) is 5.91 Å². The van der Waals surface area contributed by atoms with Gasteiger partial charge in [0.25, 0.3) is 10.1 Å². The number of carbonyl (C=O) groups excluding carboxylic acids is 2. The highest BCUT2D eigenvalue weighted by Gasteiger charge is 2.62. The average molecular weight is 498 g/mol. The van der Waals surface area contributed by atoms with Crippen molar-refractivity contribution in [1.82, 2.24) is 5.32 Å². The molecule has 0 bridgehead atoms. The molecule has 0 spiro atoms. The van der Waals surface area contributed by atoms with Crippen LogP contribution in [0, 0.1) is 46.3 Å². The third-order valence-corrected chi connectivity index (χ3v) is 11.5. The van der Waals surface area contributed by atoms with Crippen molar-refractivity contribution in [3.05, 3.63) is 0 Å². The highest BCUT2D eigenvalue weighted by atomic mass is 32.2. The van der Waals surface area contributed by atoms with Crippen molar-refractivity contribution < 1.29 is 27.7 Å². The van der Waals surface area contributed by atoms with Gasteiger partial charge in [-0.15, -0.1) is 0 Å². The molecule has 3 N–H and O–H groups in total. The zero-order valence-electron chi connectivity index (χ0n) is 21.0. The molecule has 7 nitrogen and oxygen atoms in total. The number of rotatable bonds is 7. The maximum atomic E-state index is 12.2. The molecule has 0 radical (unpaired) electrons. The lowest BCUT2D eigenvalue weighted by atomic mass is 9.44. The van der Waals surface area contributed by atoms with Crippen LogP contribution in [0.15, 0.2) is 0 Å². The number of ketones is 1. The van der Waals surface area contributed by atoms with E-state index in [2.05, 4.69) is 26.1 Å². The van der Waals surface area contributed by atoms with E-state index in [1.54, 1.807) is 0 Å². The fourth-order valence-electron chi connectivity index (χ4n) is 8.96. The minimum absolute atomic E-state index is 0.0679. The normalized spacial score (nSPS) is 42.9. The summed E-state index contributed by atoms with van der Waals surface area (Å²) < 4.78 is 30.5. The van der Waals surface area contributed by atoms with Gasteiger partial charge in [-0.05, 0) is 91.3 Å². The Hall–Kier alpha value is -0.990. The summed E-state index contributed by atoms with van der Waals surface area (Å²) in [5.74, 6) is 2.24. The summed E-state index contributed by atoms with van der Waals surface area (Å²) >= 11 is 0. The number of amides is 1. The number of carbonyl (C=O) groups is 2. The van der Waals surface area contributed by atoms with Crippen LogP contribution in [-0.2, 0) is 19.7 Å². The minimum Gasteiger partial charge on any atom is -0.393 e. The first kappa shape index (κ1) is 26.1. The van der Waals surface area contributed by atoms with Gasteiger partial charge in [0, 0.05) is 25.8 Å². The molecule has 9 atom stereocenters. The number of aliphatic hydroxyl groups excluding tert-OH is 1. The Morgan fingerprint density at radius 3 is 2.56 bits per heavy atom. The summed E-state index contributed by atoms with van der Waals surface area (Å²) in [5, 5.41) is 13.9. The Kier molecular flexibility index (Phi) is 7.27. The average Bonchev–Trinajstić information content (AvgIpc) is 3.09. The summed E-state index contributed by atoms with van der Waals surface area (Å²) in [7, 11) is -4.07. The van der Waals surface area contributed by atoms with E-state index in [1.165, 1.54) is 0 Å². The molecule has 0 aromatic carbocycles. The summed E-state index contributed by atoms with van der Waals surface area (Å²) in [6.07, 6.45) is 8.39. The Morgan fingerprint density at radius 2 is 1.85 bits per heavy atom. The lowest BCUT2D eigenvalue weighted by molar-refractivity contribution is -0.168. The van der Waals surface area contributed by atoms with Crippen LogP contribution < -0.4 is 5.32 Å². The Morgan fingerprint density at radius 1 is 1.15 bits per heavy atom. The quantitative estimate of drug-likeness (QED) is 0.462. The molecule has 0 aromatic heterocycles.